The molecule has 3 nitrogen and oxygen atoms in total. The van der Waals surface area contributed by atoms with Crippen LogP contribution in [-0.4, -0.2) is 18.2 Å². The second kappa shape index (κ2) is 3.36. The normalized spacial score (nSPS) is 25.7. The van der Waals surface area contributed by atoms with E-state index in [0.29, 0.717) is 12.6 Å². The van der Waals surface area contributed by atoms with Crippen molar-refractivity contribution >= 4 is 0 Å². The van der Waals surface area contributed by atoms with Crippen molar-refractivity contribution in [1.82, 2.24) is 5.01 Å². The first-order chi connectivity index (χ1) is 6.31. The molecular formula is C10H14N2O. The minimum Gasteiger partial charge on any atom is -0.494 e. The molecule has 0 aliphatic carbocycles. The summed E-state index contributed by atoms with van der Waals surface area (Å²) >= 11 is 0. The van der Waals surface area contributed by atoms with E-state index >= 15 is 0 Å². The quantitative estimate of drug-likeness (QED) is 0.560. The van der Waals surface area contributed by atoms with E-state index in [-0.39, 0.29) is 0 Å². The molecule has 0 saturated carbocycles. The number of ether oxygens (including phenoxy) is 1. The Bertz CT molecular complexity index is 301. The molecule has 1 aromatic rings. The number of hydrazine groups is 1. The Hall–Kier alpha value is -1.06. The Morgan fingerprint density at radius 2 is 2.38 bits per heavy atom. The number of rotatable bonds is 3. The summed E-state index contributed by atoms with van der Waals surface area (Å²) in [5.41, 5.74) is 1.24. The minimum absolute atomic E-state index is 0.403. The smallest absolute Gasteiger partial charge is 0.119 e. The molecule has 1 fully saturated rings. The maximum atomic E-state index is 5.62. The van der Waals surface area contributed by atoms with Crippen LogP contribution >= 0.6 is 0 Å². The van der Waals surface area contributed by atoms with E-state index in [1.165, 1.54) is 5.56 Å². The van der Waals surface area contributed by atoms with E-state index in [9.17, 15) is 0 Å². The van der Waals surface area contributed by atoms with Crippen molar-refractivity contribution in [3.8, 4) is 5.75 Å². The van der Waals surface area contributed by atoms with Crippen LogP contribution in [0.2, 0.25) is 0 Å². The lowest BCUT2D eigenvalue weighted by Crippen LogP contribution is -2.05. The van der Waals surface area contributed by atoms with Crippen LogP contribution in [0.1, 0.15) is 18.5 Å². The fourth-order valence-corrected chi connectivity index (χ4v) is 1.43. The van der Waals surface area contributed by atoms with Gasteiger partial charge in [0.15, 0.2) is 0 Å². The molecule has 2 N–H and O–H groups in total. The van der Waals surface area contributed by atoms with Crippen molar-refractivity contribution in [2.24, 2.45) is 5.84 Å². The third-order valence-electron chi connectivity index (χ3n) is 2.20. The Morgan fingerprint density at radius 1 is 1.62 bits per heavy atom. The van der Waals surface area contributed by atoms with Crippen LogP contribution in [0.5, 0.6) is 5.75 Å². The average molecular weight is 178 g/mol. The lowest BCUT2D eigenvalue weighted by atomic mass is 10.1. The van der Waals surface area contributed by atoms with Gasteiger partial charge in [-0.2, -0.15) is 0 Å². The molecule has 0 aromatic heterocycles. The molecule has 3 heteroatoms. The first kappa shape index (κ1) is 8.53. The molecule has 1 heterocycles. The average Bonchev–Trinajstić information content (AvgIpc) is 2.84. The Morgan fingerprint density at radius 3 is 3.00 bits per heavy atom. The molecule has 0 spiro atoms. The highest BCUT2D eigenvalue weighted by molar-refractivity contribution is 5.32. The van der Waals surface area contributed by atoms with E-state index in [2.05, 4.69) is 12.1 Å². The maximum Gasteiger partial charge on any atom is 0.119 e. The van der Waals surface area contributed by atoms with E-state index < -0.39 is 0 Å². The fraction of sp³-hybridized carbons (Fsp3) is 0.400. The number of hydrogen-bond acceptors (Lipinski definition) is 3. The SMILES string of the molecule is CCOc1cccc(C2CN2N)c1. The molecule has 0 bridgehead atoms. The summed E-state index contributed by atoms with van der Waals surface area (Å²) in [6.45, 7) is 3.65. The Balaban J connectivity index is 2.13. The van der Waals surface area contributed by atoms with Gasteiger partial charge in [-0.25, -0.2) is 5.01 Å². The number of hydrogen-bond donors (Lipinski definition) is 1. The second-order valence-corrected chi connectivity index (χ2v) is 3.22. The molecule has 2 unspecified atom stereocenters. The zero-order valence-corrected chi connectivity index (χ0v) is 7.73. The van der Waals surface area contributed by atoms with Gasteiger partial charge in [-0.05, 0) is 24.6 Å². The van der Waals surface area contributed by atoms with Gasteiger partial charge in [0.2, 0.25) is 0 Å². The van der Waals surface area contributed by atoms with E-state index in [1.54, 1.807) is 0 Å². The third-order valence-corrected chi connectivity index (χ3v) is 2.20. The molecular weight excluding hydrogens is 164 g/mol. The van der Waals surface area contributed by atoms with Crippen molar-refractivity contribution in [2.45, 2.75) is 13.0 Å². The zero-order valence-electron chi connectivity index (χ0n) is 7.73. The predicted octanol–water partition coefficient (Wildman–Crippen LogP) is 1.32. The van der Waals surface area contributed by atoms with Crippen molar-refractivity contribution in [1.29, 1.82) is 0 Å². The van der Waals surface area contributed by atoms with Gasteiger partial charge >= 0.3 is 0 Å². The van der Waals surface area contributed by atoms with Gasteiger partial charge < -0.3 is 4.74 Å². The van der Waals surface area contributed by atoms with E-state index in [1.807, 2.05) is 24.1 Å². The molecule has 13 heavy (non-hydrogen) atoms. The summed E-state index contributed by atoms with van der Waals surface area (Å²) in [6.07, 6.45) is 0. The van der Waals surface area contributed by atoms with Gasteiger partial charge in [-0.3, -0.25) is 5.84 Å². The summed E-state index contributed by atoms with van der Waals surface area (Å²) in [5.74, 6) is 6.55. The molecule has 1 aliphatic heterocycles. The Kier molecular flexibility index (Phi) is 2.20. The van der Waals surface area contributed by atoms with Crippen LogP contribution in [0, 0.1) is 0 Å². The third kappa shape index (κ3) is 1.82. The zero-order chi connectivity index (χ0) is 9.26. The highest BCUT2D eigenvalue weighted by Gasteiger charge is 2.32. The van der Waals surface area contributed by atoms with Gasteiger partial charge in [0.1, 0.15) is 5.75 Å². The molecule has 0 amide bonds. The highest BCUT2D eigenvalue weighted by atomic mass is 16.5. The van der Waals surface area contributed by atoms with Crippen molar-refractivity contribution < 1.29 is 4.74 Å². The van der Waals surface area contributed by atoms with Crippen LogP contribution in [0.25, 0.3) is 0 Å². The topological polar surface area (TPSA) is 38.3 Å². The highest BCUT2D eigenvalue weighted by Crippen LogP contribution is 2.32. The molecule has 1 aliphatic rings. The van der Waals surface area contributed by atoms with Crippen LogP contribution in [-0.2, 0) is 0 Å². The lowest BCUT2D eigenvalue weighted by Gasteiger charge is -2.04. The molecule has 2 rings (SSSR count). The van der Waals surface area contributed by atoms with Gasteiger partial charge in [0, 0.05) is 6.54 Å². The fourth-order valence-electron chi connectivity index (χ4n) is 1.43. The van der Waals surface area contributed by atoms with Gasteiger partial charge in [0.25, 0.3) is 0 Å². The number of nitrogens with two attached hydrogens (primary N) is 1. The summed E-state index contributed by atoms with van der Waals surface area (Å²) in [4.78, 5) is 0. The second-order valence-electron chi connectivity index (χ2n) is 3.22. The van der Waals surface area contributed by atoms with Crippen LogP contribution in [0.3, 0.4) is 0 Å². The molecule has 1 aromatic carbocycles. The van der Waals surface area contributed by atoms with Gasteiger partial charge in [-0.1, -0.05) is 12.1 Å². The molecule has 70 valence electrons. The lowest BCUT2D eigenvalue weighted by molar-refractivity contribution is 0.339. The first-order valence-corrected chi connectivity index (χ1v) is 4.55. The van der Waals surface area contributed by atoms with Crippen molar-refractivity contribution in [2.75, 3.05) is 13.2 Å². The molecule has 0 radical (unpaired) electrons. The predicted molar refractivity (Wildman–Crippen MR) is 51.2 cm³/mol. The summed E-state index contributed by atoms with van der Waals surface area (Å²) in [7, 11) is 0. The van der Waals surface area contributed by atoms with Crippen LogP contribution in [0.4, 0.5) is 0 Å². The summed E-state index contributed by atoms with van der Waals surface area (Å²) in [5, 5.41) is 1.81. The van der Waals surface area contributed by atoms with E-state index in [4.69, 9.17) is 10.6 Å². The summed E-state index contributed by atoms with van der Waals surface area (Å²) in [6, 6.07) is 8.52. The maximum absolute atomic E-state index is 5.62. The Labute approximate surface area is 78.1 Å². The monoisotopic (exact) mass is 178 g/mol. The molecule has 1 saturated heterocycles. The number of nitrogens with zero attached hydrogens (tertiary/aromatic N) is 1. The van der Waals surface area contributed by atoms with Crippen molar-refractivity contribution in [3.05, 3.63) is 29.8 Å². The molecule has 2 atom stereocenters. The van der Waals surface area contributed by atoms with Gasteiger partial charge in [-0.15, -0.1) is 0 Å². The van der Waals surface area contributed by atoms with Crippen LogP contribution in [0.15, 0.2) is 24.3 Å². The van der Waals surface area contributed by atoms with Crippen molar-refractivity contribution in [3.63, 3.8) is 0 Å². The summed E-state index contributed by atoms with van der Waals surface area (Å²) < 4.78 is 5.40. The van der Waals surface area contributed by atoms with Crippen LogP contribution < -0.4 is 10.6 Å². The first-order valence-electron chi connectivity index (χ1n) is 4.55. The largest absolute Gasteiger partial charge is 0.494 e. The van der Waals surface area contributed by atoms with Gasteiger partial charge in [0.05, 0.1) is 12.6 Å². The minimum atomic E-state index is 0.403. The number of benzene rings is 1. The standard InChI is InChI=1S/C10H14N2O/c1-2-13-9-5-3-4-8(6-9)10-7-12(10)11/h3-6,10H,2,7,11H2,1H3. The van der Waals surface area contributed by atoms with E-state index in [0.717, 1.165) is 12.3 Å².